The summed E-state index contributed by atoms with van der Waals surface area (Å²) in [5.74, 6) is 0.226. The van der Waals surface area contributed by atoms with Crippen molar-refractivity contribution in [1.29, 1.82) is 0 Å². The molecule has 21 heavy (non-hydrogen) atoms. The molecule has 1 aliphatic carbocycles. The van der Waals surface area contributed by atoms with Gasteiger partial charge in [0.1, 0.15) is 0 Å². The molecule has 0 fully saturated rings. The first-order valence-electron chi connectivity index (χ1n) is 8.23. The highest BCUT2D eigenvalue weighted by Crippen LogP contribution is 2.27. The fourth-order valence-electron chi connectivity index (χ4n) is 2.50. The molecule has 0 aliphatic heterocycles. The summed E-state index contributed by atoms with van der Waals surface area (Å²) in [6, 6.07) is 0. The summed E-state index contributed by atoms with van der Waals surface area (Å²) in [6.45, 7) is 10.7. The van der Waals surface area contributed by atoms with Crippen LogP contribution in [0.3, 0.4) is 0 Å². The quantitative estimate of drug-likeness (QED) is 0.611. The van der Waals surface area contributed by atoms with E-state index < -0.39 is 5.60 Å². The van der Waals surface area contributed by atoms with Crippen LogP contribution in [-0.2, 0) is 0 Å². The monoisotopic (exact) mass is 288 g/mol. The van der Waals surface area contributed by atoms with Gasteiger partial charge in [-0.3, -0.25) is 0 Å². The van der Waals surface area contributed by atoms with Gasteiger partial charge in [0.05, 0.1) is 5.60 Å². The topological polar surface area (TPSA) is 20.2 Å². The molecule has 1 atom stereocenters. The molecule has 0 aromatic rings. The molecular weight excluding hydrogens is 256 g/mol. The van der Waals surface area contributed by atoms with E-state index in [9.17, 15) is 5.11 Å². The Morgan fingerprint density at radius 1 is 1.00 bits per heavy atom. The Balaban J connectivity index is 2.99. The van der Waals surface area contributed by atoms with Gasteiger partial charge in [-0.15, -0.1) is 0 Å². The van der Waals surface area contributed by atoms with Gasteiger partial charge in [-0.2, -0.15) is 0 Å². The minimum absolute atomic E-state index is 0.226. The van der Waals surface area contributed by atoms with Crippen molar-refractivity contribution in [1.82, 2.24) is 0 Å². The predicted molar refractivity (Wildman–Crippen MR) is 93.3 cm³/mol. The molecule has 1 heteroatoms. The van der Waals surface area contributed by atoms with E-state index in [0.717, 1.165) is 32.1 Å². The van der Waals surface area contributed by atoms with Gasteiger partial charge in [-0.1, -0.05) is 60.9 Å². The first kappa shape index (κ1) is 18.0. The molecule has 1 N–H and O–H groups in total. The second kappa shape index (κ2) is 8.38. The Bertz CT molecular complexity index is 448. The van der Waals surface area contributed by atoms with E-state index in [2.05, 4.69) is 58.9 Å². The molecule has 0 saturated carbocycles. The Morgan fingerprint density at radius 2 is 1.67 bits per heavy atom. The van der Waals surface area contributed by atoms with Crippen LogP contribution in [0, 0.1) is 5.92 Å². The van der Waals surface area contributed by atoms with Crippen molar-refractivity contribution in [3.63, 3.8) is 0 Å². The zero-order valence-corrected chi connectivity index (χ0v) is 14.4. The summed E-state index contributed by atoms with van der Waals surface area (Å²) in [5.41, 5.74) is 3.37. The van der Waals surface area contributed by atoms with Crippen molar-refractivity contribution in [3.05, 3.63) is 47.1 Å². The Kier molecular flexibility index (Phi) is 7.17. The molecule has 1 aliphatic rings. The van der Waals surface area contributed by atoms with Crippen LogP contribution in [-0.4, -0.2) is 10.7 Å². The first-order valence-corrected chi connectivity index (χ1v) is 8.23. The fourth-order valence-corrected chi connectivity index (χ4v) is 2.50. The normalized spacial score (nSPS) is 34.9. The number of aliphatic hydroxyl groups is 1. The SMILES string of the molecule is CC1=C\C/C=C(\C)CC/C=C(\C)CC[C@](O)(C(C)C)/C=C\1. The Hall–Kier alpha value is -1.08. The van der Waals surface area contributed by atoms with Crippen LogP contribution in [0.4, 0.5) is 0 Å². The van der Waals surface area contributed by atoms with Gasteiger partial charge in [-0.25, -0.2) is 0 Å². The van der Waals surface area contributed by atoms with Crippen LogP contribution in [0.25, 0.3) is 0 Å². The number of hydrogen-bond acceptors (Lipinski definition) is 1. The van der Waals surface area contributed by atoms with E-state index in [0.29, 0.717) is 0 Å². The Morgan fingerprint density at radius 3 is 2.33 bits per heavy atom. The molecule has 118 valence electrons. The minimum Gasteiger partial charge on any atom is -0.386 e. The molecule has 0 amide bonds. The largest absolute Gasteiger partial charge is 0.386 e. The molecule has 0 unspecified atom stereocenters. The van der Waals surface area contributed by atoms with Crippen LogP contribution < -0.4 is 0 Å². The van der Waals surface area contributed by atoms with Crippen LogP contribution >= 0.6 is 0 Å². The number of hydrogen-bond donors (Lipinski definition) is 1. The van der Waals surface area contributed by atoms with Crippen molar-refractivity contribution in [2.75, 3.05) is 0 Å². The molecule has 0 radical (unpaired) electrons. The third-order valence-electron chi connectivity index (χ3n) is 4.49. The maximum atomic E-state index is 10.9. The van der Waals surface area contributed by atoms with Crippen molar-refractivity contribution >= 4 is 0 Å². The number of allylic oxidation sites excluding steroid dienone is 7. The second-order valence-corrected chi connectivity index (χ2v) is 6.80. The van der Waals surface area contributed by atoms with Crippen molar-refractivity contribution in [2.45, 2.75) is 72.3 Å². The first-order chi connectivity index (χ1) is 9.83. The molecule has 0 aromatic carbocycles. The molecular formula is C20H32O. The summed E-state index contributed by atoms with van der Waals surface area (Å²) in [5, 5.41) is 10.9. The van der Waals surface area contributed by atoms with E-state index in [1.807, 2.05) is 6.08 Å². The molecule has 1 nitrogen and oxygen atoms in total. The lowest BCUT2D eigenvalue weighted by molar-refractivity contribution is 0.0350. The molecule has 0 bridgehead atoms. The molecule has 0 heterocycles. The predicted octanol–water partition coefficient (Wildman–Crippen LogP) is 5.73. The highest BCUT2D eigenvalue weighted by Gasteiger charge is 2.27. The van der Waals surface area contributed by atoms with Gasteiger partial charge in [0.25, 0.3) is 0 Å². The lowest BCUT2D eigenvalue weighted by Gasteiger charge is -2.29. The van der Waals surface area contributed by atoms with E-state index in [-0.39, 0.29) is 5.92 Å². The van der Waals surface area contributed by atoms with E-state index >= 15 is 0 Å². The standard InChI is InChI=1S/C20H32O/c1-16(2)20(21)14-12-18(4)10-6-8-17(3)9-7-11-19(5)13-15-20/h8,10-12,14,16,21H,6-7,9,13,15H2,1-5H3/b14-12-,17-8+,18-10+,19-11+/t20-/m0/s1. The van der Waals surface area contributed by atoms with Gasteiger partial charge >= 0.3 is 0 Å². The van der Waals surface area contributed by atoms with E-state index in [4.69, 9.17) is 0 Å². The van der Waals surface area contributed by atoms with Crippen molar-refractivity contribution in [3.8, 4) is 0 Å². The van der Waals surface area contributed by atoms with Crippen molar-refractivity contribution in [2.24, 2.45) is 5.92 Å². The maximum Gasteiger partial charge on any atom is 0.0856 e. The van der Waals surface area contributed by atoms with E-state index in [1.165, 1.54) is 16.7 Å². The molecule has 0 saturated heterocycles. The third kappa shape index (κ3) is 6.48. The molecule has 1 rings (SSSR count). The average molecular weight is 288 g/mol. The lowest BCUT2D eigenvalue weighted by Crippen LogP contribution is -2.32. The average Bonchev–Trinajstić information content (AvgIpc) is 2.42. The van der Waals surface area contributed by atoms with Gasteiger partial charge in [0, 0.05) is 0 Å². The Labute approximate surface area is 131 Å². The third-order valence-corrected chi connectivity index (χ3v) is 4.49. The highest BCUT2D eigenvalue weighted by atomic mass is 16.3. The van der Waals surface area contributed by atoms with Crippen LogP contribution in [0.1, 0.15) is 66.7 Å². The zero-order valence-electron chi connectivity index (χ0n) is 14.4. The zero-order chi connectivity index (χ0) is 15.9. The molecule has 0 spiro atoms. The summed E-state index contributed by atoms with van der Waals surface area (Å²) >= 11 is 0. The van der Waals surface area contributed by atoms with Crippen LogP contribution in [0.2, 0.25) is 0 Å². The summed E-state index contributed by atoms with van der Waals surface area (Å²) < 4.78 is 0. The van der Waals surface area contributed by atoms with Gasteiger partial charge in [0.15, 0.2) is 0 Å². The second-order valence-electron chi connectivity index (χ2n) is 6.80. The van der Waals surface area contributed by atoms with Gasteiger partial charge < -0.3 is 5.11 Å². The summed E-state index contributed by atoms with van der Waals surface area (Å²) in [4.78, 5) is 0. The smallest absolute Gasteiger partial charge is 0.0856 e. The lowest BCUT2D eigenvalue weighted by atomic mass is 9.84. The van der Waals surface area contributed by atoms with Gasteiger partial charge in [0.2, 0.25) is 0 Å². The maximum absolute atomic E-state index is 10.9. The van der Waals surface area contributed by atoms with Crippen LogP contribution in [0.15, 0.2) is 47.1 Å². The van der Waals surface area contributed by atoms with Crippen molar-refractivity contribution < 1.29 is 5.11 Å². The van der Waals surface area contributed by atoms with Crippen LogP contribution in [0.5, 0.6) is 0 Å². The minimum atomic E-state index is -0.708. The highest BCUT2D eigenvalue weighted by molar-refractivity contribution is 5.22. The van der Waals surface area contributed by atoms with Gasteiger partial charge in [-0.05, 0) is 58.8 Å². The fraction of sp³-hybridized carbons (Fsp3) is 0.600. The summed E-state index contributed by atoms with van der Waals surface area (Å²) in [6.07, 6.45) is 15.9. The summed E-state index contributed by atoms with van der Waals surface area (Å²) in [7, 11) is 0. The van der Waals surface area contributed by atoms with E-state index in [1.54, 1.807) is 0 Å². The molecule has 0 aromatic heterocycles. The number of rotatable bonds is 1.